The number of carbonyl (C=O) groups is 1. The number of para-hydroxylation sites is 1. The van der Waals surface area contributed by atoms with Crippen molar-refractivity contribution in [1.82, 2.24) is 4.98 Å². The summed E-state index contributed by atoms with van der Waals surface area (Å²) in [4.78, 5) is 17.5. The van der Waals surface area contributed by atoms with Gasteiger partial charge in [0.2, 0.25) is 5.89 Å². The quantitative estimate of drug-likeness (QED) is 0.451. The number of hydrogen-bond donors (Lipinski definition) is 1. The molecule has 0 unspecified atom stereocenters. The van der Waals surface area contributed by atoms with Gasteiger partial charge in [0.15, 0.2) is 15.4 Å². The Kier molecular flexibility index (Phi) is 5.71. The highest BCUT2D eigenvalue weighted by Crippen LogP contribution is 2.32. The predicted octanol–water partition coefficient (Wildman–Crippen LogP) is 4.86. The summed E-state index contributed by atoms with van der Waals surface area (Å²) >= 11 is 0. The molecule has 0 saturated heterocycles. The SMILES string of the molecule is CCS(=O)(=O)c1ccc2oc(-c3cccc(NC(=O)c4ccccc4OC)c3C)nc2c1. The first kappa shape index (κ1) is 21.6. The smallest absolute Gasteiger partial charge is 0.259 e. The highest BCUT2D eigenvalue weighted by Gasteiger charge is 2.18. The van der Waals surface area contributed by atoms with Gasteiger partial charge < -0.3 is 14.5 Å². The predicted molar refractivity (Wildman–Crippen MR) is 123 cm³/mol. The molecule has 1 heterocycles. The lowest BCUT2D eigenvalue weighted by atomic mass is 10.1. The van der Waals surface area contributed by atoms with Crippen LogP contribution in [-0.2, 0) is 9.84 Å². The molecule has 0 aliphatic carbocycles. The lowest BCUT2D eigenvalue weighted by Crippen LogP contribution is -2.14. The molecule has 1 aromatic heterocycles. The molecule has 8 heteroatoms. The normalized spacial score (nSPS) is 11.5. The van der Waals surface area contributed by atoms with Crippen molar-refractivity contribution in [2.45, 2.75) is 18.7 Å². The van der Waals surface area contributed by atoms with Crippen LogP contribution in [0.15, 0.2) is 70.0 Å². The molecule has 4 rings (SSSR count). The van der Waals surface area contributed by atoms with E-state index in [1.54, 1.807) is 49.4 Å². The van der Waals surface area contributed by atoms with Gasteiger partial charge in [-0.05, 0) is 55.0 Å². The third-order valence-electron chi connectivity index (χ3n) is 5.26. The summed E-state index contributed by atoms with van der Waals surface area (Å²) in [6, 6.07) is 17.1. The topological polar surface area (TPSA) is 98.5 Å². The molecule has 0 radical (unpaired) electrons. The number of sulfone groups is 1. The third kappa shape index (κ3) is 3.97. The number of methoxy groups -OCH3 is 1. The van der Waals surface area contributed by atoms with Gasteiger partial charge in [-0.1, -0.05) is 25.1 Å². The second-order valence-corrected chi connectivity index (χ2v) is 9.46. The monoisotopic (exact) mass is 450 g/mol. The average molecular weight is 451 g/mol. The summed E-state index contributed by atoms with van der Waals surface area (Å²) in [5, 5.41) is 2.91. The number of hydrogen-bond acceptors (Lipinski definition) is 6. The standard InChI is InChI=1S/C24H22N2O5S/c1-4-32(28,29)16-12-13-22-20(14-16)26-24(31-22)17-9-7-10-19(15(17)2)25-23(27)18-8-5-6-11-21(18)30-3/h5-14H,4H2,1-3H3,(H,25,27). The Labute approximate surface area is 186 Å². The van der Waals surface area contributed by atoms with E-state index in [0.717, 1.165) is 5.56 Å². The van der Waals surface area contributed by atoms with Crippen molar-refractivity contribution >= 4 is 32.5 Å². The van der Waals surface area contributed by atoms with Gasteiger partial charge in [0, 0.05) is 11.3 Å². The summed E-state index contributed by atoms with van der Waals surface area (Å²) in [6.07, 6.45) is 0. The van der Waals surface area contributed by atoms with Crippen molar-refractivity contribution in [3.8, 4) is 17.2 Å². The Morgan fingerprint density at radius 2 is 1.88 bits per heavy atom. The largest absolute Gasteiger partial charge is 0.496 e. The molecule has 0 spiro atoms. The molecule has 164 valence electrons. The van der Waals surface area contributed by atoms with E-state index < -0.39 is 9.84 Å². The van der Waals surface area contributed by atoms with Gasteiger partial charge in [-0.3, -0.25) is 4.79 Å². The number of rotatable bonds is 6. The molecule has 3 aromatic carbocycles. The number of carbonyl (C=O) groups excluding carboxylic acids is 1. The Morgan fingerprint density at radius 1 is 1.09 bits per heavy atom. The molecule has 4 aromatic rings. The highest BCUT2D eigenvalue weighted by atomic mass is 32.2. The second kappa shape index (κ2) is 8.47. The number of fused-ring (bicyclic) bond motifs is 1. The maximum Gasteiger partial charge on any atom is 0.259 e. The van der Waals surface area contributed by atoms with Crippen LogP contribution in [0.3, 0.4) is 0 Å². The van der Waals surface area contributed by atoms with Crippen LogP contribution in [0, 0.1) is 6.92 Å². The molecule has 32 heavy (non-hydrogen) atoms. The molecule has 0 saturated carbocycles. The molecule has 0 fully saturated rings. The Morgan fingerprint density at radius 3 is 2.62 bits per heavy atom. The molecule has 0 bridgehead atoms. The minimum atomic E-state index is -3.34. The van der Waals surface area contributed by atoms with Crippen molar-refractivity contribution in [3.05, 3.63) is 71.8 Å². The van der Waals surface area contributed by atoms with E-state index in [2.05, 4.69) is 10.3 Å². The first-order valence-corrected chi connectivity index (χ1v) is 11.7. The van der Waals surface area contributed by atoms with Crippen molar-refractivity contribution < 1.29 is 22.4 Å². The molecule has 0 atom stereocenters. The van der Waals surface area contributed by atoms with E-state index in [0.29, 0.717) is 39.6 Å². The van der Waals surface area contributed by atoms with Gasteiger partial charge in [0.1, 0.15) is 11.3 Å². The maximum atomic E-state index is 12.8. The van der Waals surface area contributed by atoms with Crippen molar-refractivity contribution in [1.29, 1.82) is 0 Å². The zero-order valence-electron chi connectivity index (χ0n) is 17.9. The van der Waals surface area contributed by atoms with E-state index in [4.69, 9.17) is 9.15 Å². The molecule has 1 N–H and O–H groups in total. The van der Waals surface area contributed by atoms with Crippen molar-refractivity contribution in [2.24, 2.45) is 0 Å². The van der Waals surface area contributed by atoms with Gasteiger partial charge in [0.25, 0.3) is 5.91 Å². The number of nitrogens with one attached hydrogen (secondary N) is 1. The number of anilines is 1. The van der Waals surface area contributed by atoms with Crippen LogP contribution >= 0.6 is 0 Å². The summed E-state index contributed by atoms with van der Waals surface area (Å²) in [6.45, 7) is 3.46. The number of aromatic nitrogens is 1. The van der Waals surface area contributed by atoms with Gasteiger partial charge in [-0.2, -0.15) is 0 Å². The molecule has 7 nitrogen and oxygen atoms in total. The fourth-order valence-corrected chi connectivity index (χ4v) is 4.31. The van der Waals surface area contributed by atoms with Crippen LogP contribution in [0.1, 0.15) is 22.8 Å². The van der Waals surface area contributed by atoms with Gasteiger partial charge in [-0.15, -0.1) is 0 Å². The number of amides is 1. The van der Waals surface area contributed by atoms with E-state index >= 15 is 0 Å². The van der Waals surface area contributed by atoms with Gasteiger partial charge in [0.05, 0.1) is 23.3 Å². The number of oxazole rings is 1. The zero-order valence-corrected chi connectivity index (χ0v) is 18.7. The van der Waals surface area contributed by atoms with Crippen LogP contribution in [0.4, 0.5) is 5.69 Å². The summed E-state index contributed by atoms with van der Waals surface area (Å²) in [5.74, 6) is 0.540. The van der Waals surface area contributed by atoms with E-state index in [-0.39, 0.29) is 16.6 Å². The maximum absolute atomic E-state index is 12.8. The van der Waals surface area contributed by atoms with Crippen molar-refractivity contribution in [3.63, 3.8) is 0 Å². The molecule has 1 amide bonds. The van der Waals surface area contributed by atoms with Gasteiger partial charge in [-0.25, -0.2) is 13.4 Å². The number of nitrogens with zero attached hydrogens (tertiary/aromatic N) is 1. The second-order valence-electron chi connectivity index (χ2n) is 7.18. The zero-order chi connectivity index (χ0) is 22.9. The Balaban J connectivity index is 1.69. The third-order valence-corrected chi connectivity index (χ3v) is 6.99. The molecule has 0 aliphatic heterocycles. The minimum absolute atomic E-state index is 0.0102. The van der Waals surface area contributed by atoms with Crippen LogP contribution in [-0.4, -0.2) is 32.2 Å². The van der Waals surface area contributed by atoms with Crippen LogP contribution in [0.25, 0.3) is 22.6 Å². The Bertz CT molecular complexity index is 1420. The first-order chi connectivity index (χ1) is 15.3. The fourth-order valence-electron chi connectivity index (χ4n) is 3.41. The number of benzene rings is 3. The highest BCUT2D eigenvalue weighted by molar-refractivity contribution is 7.91. The van der Waals surface area contributed by atoms with Crippen LogP contribution in [0.2, 0.25) is 0 Å². The van der Waals surface area contributed by atoms with Crippen LogP contribution in [0.5, 0.6) is 5.75 Å². The first-order valence-electron chi connectivity index (χ1n) is 10.0. The number of ether oxygens (including phenoxy) is 1. The summed E-state index contributed by atoms with van der Waals surface area (Å²) in [5.41, 5.74) is 3.43. The van der Waals surface area contributed by atoms with E-state index in [1.807, 2.05) is 13.0 Å². The summed E-state index contributed by atoms with van der Waals surface area (Å²) < 4.78 is 35.5. The molecule has 0 aliphatic rings. The van der Waals surface area contributed by atoms with E-state index in [1.165, 1.54) is 19.2 Å². The minimum Gasteiger partial charge on any atom is -0.496 e. The fraction of sp³-hybridized carbons (Fsp3) is 0.167. The van der Waals surface area contributed by atoms with Crippen LogP contribution < -0.4 is 10.1 Å². The summed E-state index contributed by atoms with van der Waals surface area (Å²) in [7, 11) is -1.83. The molecular weight excluding hydrogens is 428 g/mol. The van der Waals surface area contributed by atoms with E-state index in [9.17, 15) is 13.2 Å². The van der Waals surface area contributed by atoms with Gasteiger partial charge >= 0.3 is 0 Å². The lowest BCUT2D eigenvalue weighted by molar-refractivity contribution is 0.102. The lowest BCUT2D eigenvalue weighted by Gasteiger charge is -2.12. The van der Waals surface area contributed by atoms with Crippen molar-refractivity contribution in [2.75, 3.05) is 18.2 Å². The average Bonchev–Trinajstić information content (AvgIpc) is 3.23. The Hall–Kier alpha value is -3.65. The molecular formula is C24H22N2O5S.